The van der Waals surface area contributed by atoms with Crippen molar-refractivity contribution in [3.8, 4) is 0 Å². The molecule has 1 heterocycles. The van der Waals surface area contributed by atoms with E-state index in [1.54, 1.807) is 24.1 Å². The van der Waals surface area contributed by atoms with Gasteiger partial charge in [0.25, 0.3) is 0 Å². The molecule has 0 bridgehead atoms. The summed E-state index contributed by atoms with van der Waals surface area (Å²) in [4.78, 5) is 10.8. The third-order valence-electron chi connectivity index (χ3n) is 3.16. The number of rotatable bonds is 5. The maximum atomic E-state index is 13.9. The minimum atomic E-state index is -0.269. The van der Waals surface area contributed by atoms with Gasteiger partial charge >= 0.3 is 0 Å². The van der Waals surface area contributed by atoms with Gasteiger partial charge in [0, 0.05) is 25.6 Å². The highest BCUT2D eigenvalue weighted by Gasteiger charge is 2.14. The largest absolute Gasteiger partial charge is 0.370 e. The zero-order valence-electron chi connectivity index (χ0n) is 12.9. The Hall–Kier alpha value is -2.17. The van der Waals surface area contributed by atoms with Crippen LogP contribution in [-0.2, 0) is 0 Å². The molecule has 2 rings (SSSR count). The standard InChI is InChI=1S/C16H21FN4/c1-5-18-14-10-15(20-16(19-14)11(2)3)21(4)13-9-7-6-8-12(13)17/h6-11H,5H2,1-4H3,(H,18,19,20). The van der Waals surface area contributed by atoms with Crippen molar-refractivity contribution in [2.75, 3.05) is 23.8 Å². The van der Waals surface area contributed by atoms with E-state index in [9.17, 15) is 4.39 Å². The molecule has 0 radical (unpaired) electrons. The molecule has 112 valence electrons. The number of anilines is 3. The third-order valence-corrected chi connectivity index (χ3v) is 3.16. The number of para-hydroxylation sites is 1. The van der Waals surface area contributed by atoms with E-state index in [0.717, 1.165) is 18.2 Å². The summed E-state index contributed by atoms with van der Waals surface area (Å²) in [5, 5.41) is 3.19. The van der Waals surface area contributed by atoms with Crippen LogP contribution >= 0.6 is 0 Å². The highest BCUT2D eigenvalue weighted by atomic mass is 19.1. The Labute approximate surface area is 125 Å². The lowest BCUT2D eigenvalue weighted by molar-refractivity contribution is 0.627. The fourth-order valence-electron chi connectivity index (χ4n) is 2.00. The van der Waals surface area contributed by atoms with Crippen molar-refractivity contribution in [1.29, 1.82) is 0 Å². The van der Waals surface area contributed by atoms with Crippen molar-refractivity contribution in [1.82, 2.24) is 9.97 Å². The zero-order valence-corrected chi connectivity index (χ0v) is 12.9. The van der Waals surface area contributed by atoms with Gasteiger partial charge in [-0.3, -0.25) is 0 Å². The Morgan fingerprint density at radius 3 is 2.57 bits per heavy atom. The maximum absolute atomic E-state index is 13.9. The van der Waals surface area contributed by atoms with Crippen LogP contribution < -0.4 is 10.2 Å². The predicted molar refractivity (Wildman–Crippen MR) is 84.7 cm³/mol. The van der Waals surface area contributed by atoms with Gasteiger partial charge in [-0.1, -0.05) is 26.0 Å². The molecule has 0 fully saturated rings. The van der Waals surface area contributed by atoms with E-state index < -0.39 is 0 Å². The van der Waals surface area contributed by atoms with Crippen LogP contribution in [0.4, 0.5) is 21.7 Å². The number of hydrogen-bond donors (Lipinski definition) is 1. The molecular formula is C16H21FN4. The first kappa shape index (κ1) is 15.2. The smallest absolute Gasteiger partial charge is 0.146 e. The first-order chi connectivity index (χ1) is 10.0. The minimum absolute atomic E-state index is 0.205. The van der Waals surface area contributed by atoms with Crippen LogP contribution in [-0.4, -0.2) is 23.6 Å². The fraction of sp³-hybridized carbons (Fsp3) is 0.375. The first-order valence-corrected chi connectivity index (χ1v) is 7.14. The van der Waals surface area contributed by atoms with Crippen LogP contribution in [0.2, 0.25) is 0 Å². The maximum Gasteiger partial charge on any atom is 0.146 e. The second-order valence-corrected chi connectivity index (χ2v) is 5.17. The SMILES string of the molecule is CCNc1cc(N(C)c2ccccc2F)nc(C(C)C)n1. The Kier molecular flexibility index (Phi) is 4.73. The lowest BCUT2D eigenvalue weighted by Gasteiger charge is -2.21. The molecular weight excluding hydrogens is 267 g/mol. The van der Waals surface area contributed by atoms with E-state index in [0.29, 0.717) is 11.5 Å². The summed E-state index contributed by atoms with van der Waals surface area (Å²) in [6.45, 7) is 6.87. The number of nitrogens with one attached hydrogen (secondary N) is 1. The molecule has 1 N–H and O–H groups in total. The summed E-state index contributed by atoms with van der Waals surface area (Å²) < 4.78 is 13.9. The summed E-state index contributed by atoms with van der Waals surface area (Å²) in [6.07, 6.45) is 0. The van der Waals surface area contributed by atoms with Gasteiger partial charge in [-0.2, -0.15) is 0 Å². The summed E-state index contributed by atoms with van der Waals surface area (Å²) >= 11 is 0. The van der Waals surface area contributed by atoms with Crippen LogP contribution in [0.5, 0.6) is 0 Å². The zero-order chi connectivity index (χ0) is 15.4. The van der Waals surface area contributed by atoms with Crippen molar-refractivity contribution in [2.24, 2.45) is 0 Å². The summed E-state index contributed by atoms with van der Waals surface area (Å²) in [7, 11) is 1.81. The molecule has 0 spiro atoms. The number of benzene rings is 1. The Morgan fingerprint density at radius 1 is 1.24 bits per heavy atom. The van der Waals surface area contributed by atoms with E-state index >= 15 is 0 Å². The molecule has 0 saturated heterocycles. The average molecular weight is 288 g/mol. The van der Waals surface area contributed by atoms with Gasteiger partial charge in [-0.15, -0.1) is 0 Å². The van der Waals surface area contributed by atoms with Gasteiger partial charge in [0.15, 0.2) is 0 Å². The van der Waals surface area contributed by atoms with E-state index in [1.165, 1.54) is 6.07 Å². The van der Waals surface area contributed by atoms with E-state index in [1.807, 2.05) is 32.9 Å². The van der Waals surface area contributed by atoms with Gasteiger partial charge in [0.1, 0.15) is 23.3 Å². The van der Waals surface area contributed by atoms with Gasteiger partial charge in [0.05, 0.1) is 5.69 Å². The Balaban J connectivity index is 2.44. The number of halogens is 1. The van der Waals surface area contributed by atoms with Crippen LogP contribution in [0.25, 0.3) is 0 Å². The molecule has 0 atom stereocenters. The third kappa shape index (κ3) is 3.48. The average Bonchev–Trinajstić information content (AvgIpc) is 2.47. The quantitative estimate of drug-likeness (QED) is 0.904. The number of hydrogen-bond acceptors (Lipinski definition) is 4. The Morgan fingerprint density at radius 2 is 1.95 bits per heavy atom. The highest BCUT2D eigenvalue weighted by molar-refractivity contribution is 5.62. The molecule has 5 heteroatoms. The first-order valence-electron chi connectivity index (χ1n) is 7.14. The van der Waals surface area contributed by atoms with Gasteiger partial charge < -0.3 is 10.2 Å². The van der Waals surface area contributed by atoms with E-state index in [2.05, 4.69) is 15.3 Å². The van der Waals surface area contributed by atoms with Crippen molar-refractivity contribution >= 4 is 17.3 Å². The van der Waals surface area contributed by atoms with E-state index in [4.69, 9.17) is 0 Å². The highest BCUT2D eigenvalue weighted by Crippen LogP contribution is 2.27. The number of aromatic nitrogens is 2. The lowest BCUT2D eigenvalue weighted by Crippen LogP contribution is -2.15. The van der Waals surface area contributed by atoms with Gasteiger partial charge in [0.2, 0.25) is 0 Å². The number of nitrogens with zero attached hydrogens (tertiary/aromatic N) is 3. The molecule has 0 aliphatic heterocycles. The van der Waals surface area contributed by atoms with Crippen LogP contribution in [0.1, 0.15) is 32.5 Å². The van der Waals surface area contributed by atoms with Crippen molar-refractivity contribution in [2.45, 2.75) is 26.7 Å². The predicted octanol–water partition coefficient (Wildman–Crippen LogP) is 3.94. The topological polar surface area (TPSA) is 41.0 Å². The molecule has 4 nitrogen and oxygen atoms in total. The second-order valence-electron chi connectivity index (χ2n) is 5.17. The van der Waals surface area contributed by atoms with Crippen molar-refractivity contribution < 1.29 is 4.39 Å². The molecule has 0 saturated carbocycles. The molecule has 0 unspecified atom stereocenters. The molecule has 0 amide bonds. The van der Waals surface area contributed by atoms with Crippen LogP contribution in [0.15, 0.2) is 30.3 Å². The van der Waals surface area contributed by atoms with Gasteiger partial charge in [-0.05, 0) is 19.1 Å². The molecule has 0 aliphatic rings. The molecule has 1 aromatic carbocycles. The Bertz CT molecular complexity index is 613. The fourth-order valence-corrected chi connectivity index (χ4v) is 2.00. The molecule has 1 aromatic heterocycles. The lowest BCUT2D eigenvalue weighted by atomic mass is 10.2. The second kappa shape index (κ2) is 6.52. The minimum Gasteiger partial charge on any atom is -0.370 e. The monoisotopic (exact) mass is 288 g/mol. The normalized spacial score (nSPS) is 10.8. The van der Waals surface area contributed by atoms with Gasteiger partial charge in [-0.25, -0.2) is 14.4 Å². The van der Waals surface area contributed by atoms with Crippen LogP contribution in [0.3, 0.4) is 0 Å². The van der Waals surface area contributed by atoms with Crippen LogP contribution in [0, 0.1) is 5.82 Å². The summed E-state index contributed by atoms with van der Waals surface area (Å²) in [6, 6.07) is 8.50. The van der Waals surface area contributed by atoms with Crippen molar-refractivity contribution in [3.63, 3.8) is 0 Å². The molecule has 0 aliphatic carbocycles. The summed E-state index contributed by atoms with van der Waals surface area (Å²) in [5.41, 5.74) is 0.494. The van der Waals surface area contributed by atoms with E-state index in [-0.39, 0.29) is 11.7 Å². The molecule has 2 aromatic rings. The summed E-state index contributed by atoms with van der Waals surface area (Å²) in [5.74, 6) is 2.11. The van der Waals surface area contributed by atoms with Crippen molar-refractivity contribution in [3.05, 3.63) is 42.0 Å². The molecule has 21 heavy (non-hydrogen) atoms.